The van der Waals surface area contributed by atoms with Crippen LogP contribution in [0.4, 0.5) is 0 Å². The molecule has 0 aliphatic rings. The summed E-state index contributed by atoms with van der Waals surface area (Å²) < 4.78 is 10.7. The third-order valence-electron chi connectivity index (χ3n) is 3.50. The molecule has 0 atom stereocenters. The molecule has 25 heavy (non-hydrogen) atoms. The Morgan fingerprint density at radius 1 is 1.32 bits per heavy atom. The van der Waals surface area contributed by atoms with E-state index in [0.29, 0.717) is 13.1 Å². The number of methoxy groups -OCH3 is 2. The predicted molar refractivity (Wildman–Crippen MR) is 100 cm³/mol. The van der Waals surface area contributed by atoms with E-state index in [2.05, 4.69) is 10.3 Å². The molecule has 0 aliphatic carbocycles. The monoisotopic (exact) mass is 363 g/mol. The number of nitrogens with zero attached hydrogens (tertiary/aromatic N) is 2. The lowest BCUT2D eigenvalue weighted by Gasteiger charge is -2.16. The van der Waals surface area contributed by atoms with Crippen LogP contribution >= 0.6 is 11.3 Å². The van der Waals surface area contributed by atoms with Gasteiger partial charge in [0.15, 0.2) is 0 Å². The van der Waals surface area contributed by atoms with Crippen LogP contribution in [0.25, 0.3) is 11.3 Å². The van der Waals surface area contributed by atoms with Crippen molar-refractivity contribution in [2.24, 2.45) is 0 Å². The van der Waals surface area contributed by atoms with Gasteiger partial charge in [-0.2, -0.15) is 0 Å². The Labute approximate surface area is 152 Å². The van der Waals surface area contributed by atoms with Gasteiger partial charge in [0.2, 0.25) is 5.91 Å². The molecule has 0 saturated carbocycles. The zero-order chi connectivity index (χ0) is 18.4. The second-order valence-electron chi connectivity index (χ2n) is 6.09. The number of likely N-dealkylation sites (N-methyl/N-ethyl adjacent to an activating group) is 1. The number of ether oxygens (including phenoxy) is 2. The van der Waals surface area contributed by atoms with E-state index in [1.165, 1.54) is 0 Å². The molecule has 1 aromatic heterocycles. The summed E-state index contributed by atoms with van der Waals surface area (Å²) in [6.07, 6.45) is 0. The molecule has 0 aliphatic heterocycles. The Hall–Kier alpha value is -2.12. The molecule has 1 amide bonds. The molecule has 0 radical (unpaired) electrons. The minimum absolute atomic E-state index is 0.0195. The van der Waals surface area contributed by atoms with Crippen molar-refractivity contribution < 1.29 is 14.3 Å². The summed E-state index contributed by atoms with van der Waals surface area (Å²) in [6.45, 7) is 4.87. The fourth-order valence-electron chi connectivity index (χ4n) is 2.42. The lowest BCUT2D eigenvalue weighted by atomic mass is 10.1. The Morgan fingerprint density at radius 3 is 2.72 bits per heavy atom. The maximum Gasteiger partial charge on any atom is 0.234 e. The van der Waals surface area contributed by atoms with Crippen LogP contribution in [0.1, 0.15) is 18.9 Å². The molecule has 7 heteroatoms. The molecule has 1 aromatic carbocycles. The third kappa shape index (κ3) is 5.44. The SMILES string of the molecule is COc1ccc(-c2csc(CN(C)CC(=O)NC(C)C)n2)c(OC)c1. The number of amides is 1. The van der Waals surface area contributed by atoms with Crippen LogP contribution in [-0.4, -0.2) is 49.6 Å². The van der Waals surface area contributed by atoms with E-state index in [-0.39, 0.29) is 11.9 Å². The van der Waals surface area contributed by atoms with Crippen LogP contribution in [0, 0.1) is 0 Å². The topological polar surface area (TPSA) is 63.7 Å². The number of benzene rings is 1. The average molecular weight is 363 g/mol. The fourth-order valence-corrected chi connectivity index (χ4v) is 3.29. The summed E-state index contributed by atoms with van der Waals surface area (Å²) in [7, 11) is 5.17. The van der Waals surface area contributed by atoms with Crippen molar-refractivity contribution in [2.75, 3.05) is 27.8 Å². The molecule has 0 fully saturated rings. The lowest BCUT2D eigenvalue weighted by Crippen LogP contribution is -2.38. The third-order valence-corrected chi connectivity index (χ3v) is 4.34. The highest BCUT2D eigenvalue weighted by Gasteiger charge is 2.13. The zero-order valence-electron chi connectivity index (χ0n) is 15.3. The van der Waals surface area contributed by atoms with Crippen molar-refractivity contribution in [3.63, 3.8) is 0 Å². The number of thiazole rings is 1. The Balaban J connectivity index is 2.06. The number of hydrogen-bond donors (Lipinski definition) is 1. The number of nitrogens with one attached hydrogen (secondary N) is 1. The van der Waals surface area contributed by atoms with Crippen molar-refractivity contribution in [1.29, 1.82) is 0 Å². The molecule has 0 unspecified atom stereocenters. The molecule has 2 rings (SSSR count). The molecule has 2 aromatic rings. The van der Waals surface area contributed by atoms with Gasteiger partial charge in [-0.3, -0.25) is 9.69 Å². The summed E-state index contributed by atoms with van der Waals surface area (Å²) in [5, 5.41) is 5.84. The second kappa shape index (κ2) is 8.82. The molecule has 1 heterocycles. The standard InChI is InChI=1S/C18H25N3O3S/c1-12(2)19-17(22)9-21(3)10-18-20-15(11-25-18)14-7-6-13(23-4)8-16(14)24-5/h6-8,11-12H,9-10H2,1-5H3,(H,19,22). The van der Waals surface area contributed by atoms with E-state index in [9.17, 15) is 4.79 Å². The second-order valence-corrected chi connectivity index (χ2v) is 7.03. The van der Waals surface area contributed by atoms with Crippen LogP contribution < -0.4 is 14.8 Å². The van der Waals surface area contributed by atoms with Gasteiger partial charge in [-0.15, -0.1) is 11.3 Å². The summed E-state index contributed by atoms with van der Waals surface area (Å²) >= 11 is 1.57. The smallest absolute Gasteiger partial charge is 0.234 e. The van der Waals surface area contributed by atoms with Crippen LogP contribution in [0.3, 0.4) is 0 Å². The number of aromatic nitrogens is 1. The first-order valence-corrected chi connectivity index (χ1v) is 8.95. The molecule has 0 spiro atoms. The van der Waals surface area contributed by atoms with Crippen LogP contribution in [0.2, 0.25) is 0 Å². The minimum Gasteiger partial charge on any atom is -0.497 e. The maximum absolute atomic E-state index is 11.8. The zero-order valence-corrected chi connectivity index (χ0v) is 16.1. The molecule has 136 valence electrons. The molecule has 0 bridgehead atoms. The van der Waals surface area contributed by atoms with Crippen molar-refractivity contribution in [3.05, 3.63) is 28.6 Å². The van der Waals surface area contributed by atoms with E-state index >= 15 is 0 Å². The molecular weight excluding hydrogens is 338 g/mol. The van der Waals surface area contributed by atoms with Crippen LogP contribution in [-0.2, 0) is 11.3 Å². The maximum atomic E-state index is 11.8. The summed E-state index contributed by atoms with van der Waals surface area (Å²) in [5.74, 6) is 1.49. The summed E-state index contributed by atoms with van der Waals surface area (Å²) in [4.78, 5) is 18.5. The van der Waals surface area contributed by atoms with Gasteiger partial charge in [-0.05, 0) is 33.0 Å². The van der Waals surface area contributed by atoms with Crippen molar-refractivity contribution in [3.8, 4) is 22.8 Å². The van der Waals surface area contributed by atoms with Crippen LogP contribution in [0.5, 0.6) is 11.5 Å². The van der Waals surface area contributed by atoms with Crippen molar-refractivity contribution in [1.82, 2.24) is 15.2 Å². The van der Waals surface area contributed by atoms with E-state index in [1.807, 2.05) is 49.4 Å². The first-order chi connectivity index (χ1) is 11.9. The molecule has 6 nitrogen and oxygen atoms in total. The van der Waals surface area contributed by atoms with Gasteiger partial charge in [-0.1, -0.05) is 0 Å². The predicted octanol–water partition coefficient (Wildman–Crippen LogP) is 2.78. The van der Waals surface area contributed by atoms with E-state index < -0.39 is 0 Å². The quantitative estimate of drug-likeness (QED) is 0.781. The number of carbonyl (C=O) groups excluding carboxylic acids is 1. The number of rotatable bonds is 8. The number of hydrogen-bond acceptors (Lipinski definition) is 6. The van der Waals surface area contributed by atoms with E-state index in [0.717, 1.165) is 27.8 Å². The minimum atomic E-state index is 0.0195. The molecule has 1 N–H and O–H groups in total. The van der Waals surface area contributed by atoms with Gasteiger partial charge in [-0.25, -0.2) is 4.98 Å². The molecular formula is C18H25N3O3S. The molecule has 0 saturated heterocycles. The Bertz CT molecular complexity index is 715. The van der Waals surface area contributed by atoms with E-state index in [1.54, 1.807) is 25.6 Å². The highest BCUT2D eigenvalue weighted by molar-refractivity contribution is 7.09. The summed E-state index contributed by atoms with van der Waals surface area (Å²) in [6, 6.07) is 5.82. The largest absolute Gasteiger partial charge is 0.497 e. The first-order valence-electron chi connectivity index (χ1n) is 8.07. The van der Waals surface area contributed by atoms with Gasteiger partial charge >= 0.3 is 0 Å². The summed E-state index contributed by atoms with van der Waals surface area (Å²) in [5.41, 5.74) is 1.78. The van der Waals surface area contributed by atoms with Crippen molar-refractivity contribution >= 4 is 17.2 Å². The fraction of sp³-hybridized carbons (Fsp3) is 0.444. The normalized spacial score (nSPS) is 11.0. The van der Waals surface area contributed by atoms with Gasteiger partial charge in [0.1, 0.15) is 16.5 Å². The Kier molecular flexibility index (Phi) is 6.78. The lowest BCUT2D eigenvalue weighted by molar-refractivity contribution is -0.122. The Morgan fingerprint density at radius 2 is 2.08 bits per heavy atom. The van der Waals surface area contributed by atoms with E-state index in [4.69, 9.17) is 9.47 Å². The van der Waals surface area contributed by atoms with Gasteiger partial charge in [0.25, 0.3) is 0 Å². The van der Waals surface area contributed by atoms with Gasteiger partial charge in [0, 0.05) is 23.1 Å². The number of carbonyl (C=O) groups is 1. The van der Waals surface area contributed by atoms with Gasteiger partial charge in [0.05, 0.1) is 33.0 Å². The van der Waals surface area contributed by atoms with Crippen molar-refractivity contribution in [2.45, 2.75) is 26.4 Å². The van der Waals surface area contributed by atoms with Crippen LogP contribution in [0.15, 0.2) is 23.6 Å². The highest BCUT2D eigenvalue weighted by atomic mass is 32.1. The first kappa shape index (κ1) is 19.2. The highest BCUT2D eigenvalue weighted by Crippen LogP contribution is 2.33. The van der Waals surface area contributed by atoms with Gasteiger partial charge < -0.3 is 14.8 Å². The average Bonchev–Trinajstić information content (AvgIpc) is 3.01.